The van der Waals surface area contributed by atoms with Crippen LogP contribution in [0.3, 0.4) is 0 Å². The summed E-state index contributed by atoms with van der Waals surface area (Å²) in [5.41, 5.74) is 5.74. The number of benzene rings is 2. The highest BCUT2D eigenvalue weighted by atomic mass is 16.5. The number of likely N-dealkylation sites (N-methyl/N-ethyl adjacent to an activating group) is 1. The SMILES string of the molecule is CNc1cc(Nc2nccc(-c3ccc4c(cnn4C)c3)n2)c(OC)cc1N(C)CCNC(C)C. The maximum absolute atomic E-state index is 5.72. The van der Waals surface area contributed by atoms with Crippen LogP contribution in [-0.2, 0) is 7.05 Å². The monoisotopic (exact) mass is 474 g/mol. The Kier molecular flexibility index (Phi) is 7.36. The second-order valence-corrected chi connectivity index (χ2v) is 8.78. The van der Waals surface area contributed by atoms with Gasteiger partial charge >= 0.3 is 0 Å². The summed E-state index contributed by atoms with van der Waals surface area (Å²) in [6, 6.07) is 12.6. The van der Waals surface area contributed by atoms with Gasteiger partial charge in [0.2, 0.25) is 5.95 Å². The summed E-state index contributed by atoms with van der Waals surface area (Å²) in [5.74, 6) is 1.21. The van der Waals surface area contributed by atoms with E-state index in [4.69, 9.17) is 9.72 Å². The van der Waals surface area contributed by atoms with Gasteiger partial charge in [-0.05, 0) is 24.3 Å². The summed E-state index contributed by atoms with van der Waals surface area (Å²) >= 11 is 0. The van der Waals surface area contributed by atoms with Crippen molar-refractivity contribution in [3.8, 4) is 17.0 Å². The van der Waals surface area contributed by atoms with Crippen LogP contribution < -0.4 is 25.6 Å². The van der Waals surface area contributed by atoms with E-state index in [9.17, 15) is 0 Å². The third-order valence-corrected chi connectivity index (χ3v) is 5.94. The highest BCUT2D eigenvalue weighted by molar-refractivity contribution is 5.84. The third kappa shape index (κ3) is 5.46. The Balaban J connectivity index is 1.59. The highest BCUT2D eigenvalue weighted by Crippen LogP contribution is 2.37. The van der Waals surface area contributed by atoms with Crippen molar-refractivity contribution in [1.82, 2.24) is 25.1 Å². The number of aromatic nitrogens is 4. The molecular formula is C26H34N8O. The van der Waals surface area contributed by atoms with Crippen molar-refractivity contribution in [2.24, 2.45) is 7.05 Å². The van der Waals surface area contributed by atoms with Crippen LogP contribution in [0.4, 0.5) is 23.0 Å². The Bertz CT molecular complexity index is 1300. The molecule has 0 amide bonds. The van der Waals surface area contributed by atoms with E-state index >= 15 is 0 Å². The number of nitrogens with one attached hydrogen (secondary N) is 3. The molecule has 2 heterocycles. The molecule has 2 aromatic carbocycles. The predicted octanol–water partition coefficient (Wildman–Crippen LogP) is 4.26. The highest BCUT2D eigenvalue weighted by Gasteiger charge is 2.15. The van der Waals surface area contributed by atoms with E-state index in [0.29, 0.717) is 17.7 Å². The van der Waals surface area contributed by atoms with Gasteiger partial charge < -0.3 is 25.6 Å². The van der Waals surface area contributed by atoms with E-state index in [1.54, 1.807) is 13.3 Å². The molecule has 0 fully saturated rings. The smallest absolute Gasteiger partial charge is 0.227 e. The van der Waals surface area contributed by atoms with Crippen LogP contribution in [0.5, 0.6) is 5.75 Å². The van der Waals surface area contributed by atoms with E-state index in [2.05, 4.69) is 70.0 Å². The van der Waals surface area contributed by atoms with Gasteiger partial charge in [-0.1, -0.05) is 19.9 Å². The summed E-state index contributed by atoms with van der Waals surface area (Å²) < 4.78 is 7.58. The van der Waals surface area contributed by atoms with E-state index < -0.39 is 0 Å². The zero-order valence-electron chi connectivity index (χ0n) is 21.3. The van der Waals surface area contributed by atoms with Crippen molar-refractivity contribution in [2.75, 3.05) is 49.8 Å². The summed E-state index contributed by atoms with van der Waals surface area (Å²) in [6.45, 7) is 6.06. The fourth-order valence-corrected chi connectivity index (χ4v) is 4.02. The molecule has 0 unspecified atom stereocenters. The number of hydrogen-bond acceptors (Lipinski definition) is 8. The Morgan fingerprint density at radius 2 is 1.94 bits per heavy atom. The fraction of sp³-hybridized carbons (Fsp3) is 0.346. The van der Waals surface area contributed by atoms with Gasteiger partial charge in [-0.25, -0.2) is 9.97 Å². The molecule has 0 aliphatic rings. The lowest BCUT2D eigenvalue weighted by atomic mass is 10.1. The second kappa shape index (κ2) is 10.6. The maximum atomic E-state index is 5.72. The molecule has 4 rings (SSSR count). The standard InChI is InChI=1S/C26H34N8O/c1-17(2)28-11-12-33(4)24-15-25(35-6)22(14-21(24)27-3)32-26-29-10-9-20(31-26)18-7-8-23-19(13-18)16-30-34(23)5/h7-10,13-17,27-28H,11-12H2,1-6H3,(H,29,31,32). The van der Waals surface area contributed by atoms with Crippen molar-refractivity contribution < 1.29 is 4.74 Å². The quantitative estimate of drug-likeness (QED) is 0.314. The Morgan fingerprint density at radius 1 is 1.11 bits per heavy atom. The van der Waals surface area contributed by atoms with Gasteiger partial charge in [-0.2, -0.15) is 5.10 Å². The first-order chi connectivity index (χ1) is 16.9. The van der Waals surface area contributed by atoms with E-state index in [1.165, 1.54) is 0 Å². The van der Waals surface area contributed by atoms with Gasteiger partial charge in [0.1, 0.15) is 5.75 Å². The molecule has 0 bridgehead atoms. The molecule has 0 saturated carbocycles. The van der Waals surface area contributed by atoms with Gasteiger partial charge in [0.05, 0.1) is 41.6 Å². The molecule has 4 aromatic rings. The van der Waals surface area contributed by atoms with Gasteiger partial charge in [0, 0.05) is 63.5 Å². The van der Waals surface area contributed by atoms with Crippen LogP contribution in [0.2, 0.25) is 0 Å². The third-order valence-electron chi connectivity index (χ3n) is 5.94. The van der Waals surface area contributed by atoms with Crippen molar-refractivity contribution in [3.05, 3.63) is 48.8 Å². The van der Waals surface area contributed by atoms with E-state index in [1.807, 2.05) is 43.2 Å². The fourth-order valence-electron chi connectivity index (χ4n) is 4.02. The summed E-state index contributed by atoms with van der Waals surface area (Å²) in [5, 5.41) is 15.5. The van der Waals surface area contributed by atoms with Gasteiger partial charge in [-0.15, -0.1) is 0 Å². The van der Waals surface area contributed by atoms with Crippen LogP contribution in [0.1, 0.15) is 13.8 Å². The second-order valence-electron chi connectivity index (χ2n) is 8.78. The minimum absolute atomic E-state index is 0.454. The molecule has 0 radical (unpaired) electrons. The average molecular weight is 475 g/mol. The Morgan fingerprint density at radius 3 is 2.69 bits per heavy atom. The largest absolute Gasteiger partial charge is 0.494 e. The van der Waals surface area contributed by atoms with Gasteiger partial charge in [0.15, 0.2) is 0 Å². The first kappa shape index (κ1) is 24.3. The number of rotatable bonds is 10. The molecule has 184 valence electrons. The lowest BCUT2D eigenvalue weighted by molar-refractivity contribution is 0.417. The molecule has 3 N–H and O–H groups in total. The maximum Gasteiger partial charge on any atom is 0.227 e. The summed E-state index contributed by atoms with van der Waals surface area (Å²) in [4.78, 5) is 11.4. The predicted molar refractivity (Wildman–Crippen MR) is 144 cm³/mol. The Labute approximate surface area is 206 Å². The Hall–Kier alpha value is -3.85. The molecule has 0 aliphatic carbocycles. The molecule has 0 atom stereocenters. The van der Waals surface area contributed by atoms with E-state index in [-0.39, 0.29) is 0 Å². The first-order valence-corrected chi connectivity index (χ1v) is 11.8. The van der Waals surface area contributed by atoms with Crippen molar-refractivity contribution in [3.63, 3.8) is 0 Å². The topological polar surface area (TPSA) is 92.2 Å². The lowest BCUT2D eigenvalue weighted by Crippen LogP contribution is -2.33. The molecule has 0 spiro atoms. The normalized spacial score (nSPS) is 11.2. The summed E-state index contributed by atoms with van der Waals surface area (Å²) in [6.07, 6.45) is 3.62. The number of ether oxygens (including phenoxy) is 1. The molecule has 9 heteroatoms. The molecular weight excluding hydrogens is 440 g/mol. The van der Waals surface area contributed by atoms with Gasteiger partial charge in [-0.3, -0.25) is 4.68 Å². The van der Waals surface area contributed by atoms with Crippen LogP contribution in [0.15, 0.2) is 48.8 Å². The summed E-state index contributed by atoms with van der Waals surface area (Å²) in [7, 11) is 7.61. The molecule has 0 saturated heterocycles. The number of anilines is 4. The van der Waals surface area contributed by atoms with Gasteiger partial charge in [0.25, 0.3) is 0 Å². The molecule has 0 aliphatic heterocycles. The lowest BCUT2D eigenvalue weighted by Gasteiger charge is -2.25. The zero-order chi connectivity index (χ0) is 24.9. The number of fused-ring (bicyclic) bond motifs is 1. The minimum Gasteiger partial charge on any atom is -0.494 e. The van der Waals surface area contributed by atoms with Crippen molar-refractivity contribution >= 4 is 33.9 Å². The number of methoxy groups -OCH3 is 1. The molecule has 35 heavy (non-hydrogen) atoms. The zero-order valence-corrected chi connectivity index (χ0v) is 21.3. The van der Waals surface area contributed by atoms with Crippen LogP contribution in [0.25, 0.3) is 22.2 Å². The molecule has 2 aromatic heterocycles. The van der Waals surface area contributed by atoms with Crippen molar-refractivity contribution in [2.45, 2.75) is 19.9 Å². The van der Waals surface area contributed by atoms with Crippen molar-refractivity contribution in [1.29, 1.82) is 0 Å². The average Bonchev–Trinajstić information content (AvgIpc) is 3.23. The van der Waals surface area contributed by atoms with Crippen LogP contribution in [0, 0.1) is 0 Å². The number of nitrogens with zero attached hydrogens (tertiary/aromatic N) is 5. The van der Waals surface area contributed by atoms with Crippen LogP contribution in [-0.4, -0.2) is 60.1 Å². The minimum atomic E-state index is 0.454. The number of aryl methyl sites for hydroxylation is 1. The van der Waals surface area contributed by atoms with Crippen LogP contribution >= 0.6 is 0 Å². The number of hydrogen-bond donors (Lipinski definition) is 3. The first-order valence-electron chi connectivity index (χ1n) is 11.8. The molecule has 9 nitrogen and oxygen atoms in total. The van der Waals surface area contributed by atoms with E-state index in [0.717, 1.165) is 52.3 Å².